The molecule has 0 N–H and O–H groups in total. The maximum Gasteiger partial charge on any atom is 0.573 e. The number of hydrogen-bond donors (Lipinski definition) is 0. The maximum atomic E-state index is 15.4. The second-order valence-corrected chi connectivity index (χ2v) is 6.80. The van der Waals surface area contributed by atoms with Gasteiger partial charge in [0.05, 0.1) is 6.54 Å². The fraction of sp³-hybridized carbons (Fsp3) is 0.250. The van der Waals surface area contributed by atoms with Gasteiger partial charge >= 0.3 is 6.36 Å². The molecule has 1 aliphatic rings. The van der Waals surface area contributed by atoms with E-state index in [0.717, 1.165) is 12.1 Å². The molecule has 1 fully saturated rings. The molecule has 1 aliphatic heterocycles. The average Bonchev–Trinajstić information content (AvgIpc) is 3.36. The summed E-state index contributed by atoms with van der Waals surface area (Å²) in [6.07, 6.45) is -4.85. The Bertz CT molecular complexity index is 1040. The van der Waals surface area contributed by atoms with E-state index < -0.39 is 23.7 Å². The normalized spacial score (nSPS) is 19.1. The van der Waals surface area contributed by atoms with Crippen molar-refractivity contribution in [3.63, 3.8) is 0 Å². The number of nitrogens with zero attached hydrogens (tertiary/aromatic N) is 3. The molecule has 2 aromatic carbocycles. The minimum absolute atomic E-state index is 0.0260. The van der Waals surface area contributed by atoms with E-state index in [0.29, 0.717) is 5.56 Å². The Kier molecular flexibility index (Phi) is 4.92. The van der Waals surface area contributed by atoms with Crippen LogP contribution in [-0.2, 0) is 5.67 Å². The fourth-order valence-corrected chi connectivity index (χ4v) is 3.21. The topological polar surface area (TPSA) is 68.5 Å². The van der Waals surface area contributed by atoms with Gasteiger partial charge in [0.2, 0.25) is 5.82 Å². The number of carbonyl (C=O) groups excluding carboxylic acids is 1. The van der Waals surface area contributed by atoms with Crippen LogP contribution in [0.25, 0.3) is 11.5 Å². The first-order chi connectivity index (χ1) is 14.2. The first-order valence-corrected chi connectivity index (χ1v) is 8.97. The first-order valence-electron chi connectivity index (χ1n) is 8.97. The van der Waals surface area contributed by atoms with Gasteiger partial charge < -0.3 is 14.2 Å². The van der Waals surface area contributed by atoms with Crippen LogP contribution in [0.3, 0.4) is 0 Å². The van der Waals surface area contributed by atoms with Crippen LogP contribution in [0, 0.1) is 0 Å². The number of alkyl halides is 4. The summed E-state index contributed by atoms with van der Waals surface area (Å²) in [6, 6.07) is 13.3. The highest BCUT2D eigenvalue weighted by atomic mass is 19.4. The Labute approximate surface area is 168 Å². The van der Waals surface area contributed by atoms with Crippen molar-refractivity contribution in [3.05, 3.63) is 66.0 Å². The number of aromatic nitrogens is 2. The molecule has 0 aliphatic carbocycles. The van der Waals surface area contributed by atoms with Crippen molar-refractivity contribution >= 4 is 5.91 Å². The van der Waals surface area contributed by atoms with Gasteiger partial charge in [0.15, 0.2) is 5.67 Å². The van der Waals surface area contributed by atoms with Crippen LogP contribution in [0.15, 0.2) is 59.1 Å². The first kappa shape index (κ1) is 19.9. The van der Waals surface area contributed by atoms with Crippen LogP contribution in [0.5, 0.6) is 5.75 Å². The lowest BCUT2D eigenvalue weighted by atomic mass is 10.1. The summed E-state index contributed by atoms with van der Waals surface area (Å²) in [5.41, 5.74) is -1.22. The molecule has 4 rings (SSSR count). The molecular formula is C20H15F4N3O3. The fourth-order valence-electron chi connectivity index (χ4n) is 3.21. The predicted octanol–water partition coefficient (Wildman–Crippen LogP) is 4.35. The third-order valence-corrected chi connectivity index (χ3v) is 4.69. The Hall–Kier alpha value is -3.43. The highest BCUT2D eigenvalue weighted by molar-refractivity contribution is 5.94. The second-order valence-electron chi connectivity index (χ2n) is 6.80. The van der Waals surface area contributed by atoms with Gasteiger partial charge in [-0.1, -0.05) is 23.4 Å². The number of benzene rings is 2. The van der Waals surface area contributed by atoms with E-state index in [4.69, 9.17) is 4.52 Å². The lowest BCUT2D eigenvalue weighted by Crippen LogP contribution is -2.32. The third kappa shape index (κ3) is 4.12. The SMILES string of the molecule is O=C(c1ccc(OC(F)(F)F)cc1)N1CCC(F)(c2noc(-c3ccccc3)n2)C1. The Morgan fingerprint density at radius 3 is 2.47 bits per heavy atom. The van der Waals surface area contributed by atoms with E-state index in [1.807, 2.05) is 6.07 Å². The molecule has 1 unspecified atom stereocenters. The van der Waals surface area contributed by atoms with Gasteiger partial charge in [0, 0.05) is 24.1 Å². The van der Waals surface area contributed by atoms with E-state index in [9.17, 15) is 18.0 Å². The molecule has 1 amide bonds. The number of halogens is 4. The van der Waals surface area contributed by atoms with E-state index in [1.54, 1.807) is 24.3 Å². The Morgan fingerprint density at radius 2 is 1.80 bits per heavy atom. The molecule has 0 saturated carbocycles. The van der Waals surface area contributed by atoms with Crippen molar-refractivity contribution in [2.75, 3.05) is 13.1 Å². The van der Waals surface area contributed by atoms with Gasteiger partial charge in [-0.25, -0.2) is 4.39 Å². The number of hydrogen-bond acceptors (Lipinski definition) is 5. The molecule has 156 valence electrons. The van der Waals surface area contributed by atoms with E-state index in [1.165, 1.54) is 17.0 Å². The summed E-state index contributed by atoms with van der Waals surface area (Å²) in [5, 5.41) is 3.74. The van der Waals surface area contributed by atoms with Crippen LogP contribution < -0.4 is 4.74 Å². The molecular weight excluding hydrogens is 406 g/mol. The standard InChI is InChI=1S/C20H15F4N3O3/c21-19(18-25-16(30-26-18)13-4-2-1-3-5-13)10-11-27(12-19)17(28)14-6-8-15(9-7-14)29-20(22,23)24/h1-9H,10-12H2. The van der Waals surface area contributed by atoms with Crippen LogP contribution in [0.2, 0.25) is 0 Å². The van der Waals surface area contributed by atoms with Crippen LogP contribution in [0.4, 0.5) is 17.6 Å². The van der Waals surface area contributed by atoms with Crippen LogP contribution in [0.1, 0.15) is 22.6 Å². The average molecular weight is 421 g/mol. The van der Waals surface area contributed by atoms with Crippen molar-refractivity contribution in [1.29, 1.82) is 0 Å². The summed E-state index contributed by atoms with van der Waals surface area (Å²) < 4.78 is 61.1. The summed E-state index contributed by atoms with van der Waals surface area (Å²) in [6.45, 7) is -0.189. The van der Waals surface area contributed by atoms with Crippen molar-refractivity contribution < 1.29 is 31.6 Å². The molecule has 2 heterocycles. The van der Waals surface area contributed by atoms with Crippen molar-refractivity contribution in [2.45, 2.75) is 18.5 Å². The predicted molar refractivity (Wildman–Crippen MR) is 96.2 cm³/mol. The summed E-state index contributed by atoms with van der Waals surface area (Å²) in [5.74, 6) is -0.932. The quantitative estimate of drug-likeness (QED) is 0.586. The van der Waals surface area contributed by atoms with Gasteiger partial charge in [-0.05, 0) is 36.4 Å². The largest absolute Gasteiger partial charge is 0.573 e. The van der Waals surface area contributed by atoms with E-state index in [2.05, 4.69) is 14.9 Å². The minimum atomic E-state index is -4.82. The zero-order chi connectivity index (χ0) is 21.4. The smallest absolute Gasteiger partial charge is 0.406 e. The third-order valence-electron chi connectivity index (χ3n) is 4.69. The molecule has 1 atom stereocenters. The molecule has 3 aromatic rings. The summed E-state index contributed by atoms with van der Waals surface area (Å²) >= 11 is 0. The highest BCUT2D eigenvalue weighted by Gasteiger charge is 2.45. The van der Waals surface area contributed by atoms with Gasteiger partial charge in [-0.2, -0.15) is 4.98 Å². The lowest BCUT2D eigenvalue weighted by Gasteiger charge is -2.18. The Balaban J connectivity index is 1.46. The summed E-state index contributed by atoms with van der Waals surface area (Å²) in [7, 11) is 0. The van der Waals surface area contributed by atoms with E-state index in [-0.39, 0.29) is 36.8 Å². The molecule has 0 radical (unpaired) electrons. The van der Waals surface area contributed by atoms with Gasteiger partial charge in [-0.15, -0.1) is 13.2 Å². The molecule has 10 heteroatoms. The number of ether oxygens (including phenoxy) is 1. The maximum absolute atomic E-state index is 15.4. The highest BCUT2D eigenvalue weighted by Crippen LogP contribution is 2.36. The zero-order valence-electron chi connectivity index (χ0n) is 15.4. The number of carbonyl (C=O) groups is 1. The second kappa shape index (κ2) is 7.43. The van der Waals surface area contributed by atoms with Crippen molar-refractivity contribution in [3.8, 4) is 17.2 Å². The molecule has 0 spiro atoms. The number of rotatable bonds is 4. The minimum Gasteiger partial charge on any atom is -0.406 e. The molecule has 1 saturated heterocycles. The number of likely N-dealkylation sites (tertiary alicyclic amines) is 1. The van der Waals surface area contributed by atoms with Gasteiger partial charge in [0.25, 0.3) is 11.8 Å². The molecule has 30 heavy (non-hydrogen) atoms. The number of amides is 1. The van der Waals surface area contributed by atoms with Crippen LogP contribution in [-0.4, -0.2) is 40.4 Å². The monoisotopic (exact) mass is 421 g/mol. The molecule has 0 bridgehead atoms. The van der Waals surface area contributed by atoms with Crippen LogP contribution >= 0.6 is 0 Å². The Morgan fingerprint density at radius 1 is 1.10 bits per heavy atom. The van der Waals surface area contributed by atoms with Gasteiger partial charge in [0.1, 0.15) is 5.75 Å². The lowest BCUT2D eigenvalue weighted by molar-refractivity contribution is -0.274. The van der Waals surface area contributed by atoms with Gasteiger partial charge in [-0.3, -0.25) is 4.79 Å². The summed E-state index contributed by atoms with van der Waals surface area (Å²) in [4.78, 5) is 18.0. The molecule has 6 nitrogen and oxygen atoms in total. The van der Waals surface area contributed by atoms with Crippen molar-refractivity contribution in [1.82, 2.24) is 15.0 Å². The molecule has 1 aromatic heterocycles. The van der Waals surface area contributed by atoms with E-state index >= 15 is 4.39 Å². The van der Waals surface area contributed by atoms with Crippen molar-refractivity contribution in [2.24, 2.45) is 0 Å². The zero-order valence-corrected chi connectivity index (χ0v) is 15.4.